The van der Waals surface area contributed by atoms with Crippen LogP contribution in [0, 0.1) is 32.1 Å². The summed E-state index contributed by atoms with van der Waals surface area (Å²) in [6, 6.07) is 19.7. The van der Waals surface area contributed by atoms with Gasteiger partial charge in [-0.25, -0.2) is 9.78 Å². The molecule has 0 aliphatic carbocycles. The molecule has 0 fully saturated rings. The third-order valence-corrected chi connectivity index (χ3v) is 8.81. The molecule has 0 spiro atoms. The van der Waals surface area contributed by atoms with E-state index in [1.165, 1.54) is 23.1 Å². The van der Waals surface area contributed by atoms with Crippen LogP contribution in [-0.4, -0.2) is 35.8 Å². The van der Waals surface area contributed by atoms with Gasteiger partial charge in [0.2, 0.25) is 5.91 Å². The zero-order valence-electron chi connectivity index (χ0n) is 23.8. The van der Waals surface area contributed by atoms with E-state index in [9.17, 15) is 14.9 Å². The van der Waals surface area contributed by atoms with Crippen molar-refractivity contribution in [2.45, 2.75) is 44.9 Å². The number of ether oxygens (including phenoxy) is 2. The fourth-order valence-electron chi connectivity index (χ4n) is 4.18. The van der Waals surface area contributed by atoms with Crippen molar-refractivity contribution >= 4 is 40.0 Å². The summed E-state index contributed by atoms with van der Waals surface area (Å²) in [5, 5.41) is 13.4. The zero-order valence-corrected chi connectivity index (χ0v) is 25.5. The van der Waals surface area contributed by atoms with Gasteiger partial charge in [0.15, 0.2) is 0 Å². The first-order valence-electron chi connectivity index (χ1n) is 13.1. The number of nitrogens with zero attached hydrogens (tertiary/aromatic N) is 2. The summed E-state index contributed by atoms with van der Waals surface area (Å²) < 4.78 is 10.5. The molecule has 1 atom stereocenters. The van der Waals surface area contributed by atoms with Crippen LogP contribution in [0.25, 0.3) is 22.4 Å². The minimum absolute atomic E-state index is 0.239. The number of esters is 1. The van der Waals surface area contributed by atoms with Crippen LogP contribution in [0.2, 0.25) is 0 Å². The molecule has 1 N–H and O–H groups in total. The summed E-state index contributed by atoms with van der Waals surface area (Å²) in [6.07, 6.45) is 0. The number of hydrogen-bond acceptors (Lipinski definition) is 8. The second kappa shape index (κ2) is 13.0. The van der Waals surface area contributed by atoms with Crippen LogP contribution in [0.5, 0.6) is 5.75 Å². The largest absolute Gasteiger partial charge is 0.497 e. The van der Waals surface area contributed by atoms with E-state index in [1.807, 2.05) is 75.4 Å². The maximum atomic E-state index is 13.4. The van der Waals surface area contributed by atoms with Crippen LogP contribution >= 0.6 is 23.1 Å². The molecular formula is C32H31N3O4S2. The topological polar surface area (TPSA) is 101 Å². The molecule has 0 aliphatic heterocycles. The number of thioether (sulfide) groups is 1. The molecule has 0 bridgehead atoms. The molecule has 0 aliphatic rings. The Labute approximate surface area is 248 Å². The fraction of sp³-hybridized carbons (Fsp3) is 0.250. The first kappa shape index (κ1) is 29.8. The number of carbonyl (C=O) groups is 2. The number of nitrogens with one attached hydrogen (secondary N) is 1. The van der Waals surface area contributed by atoms with Gasteiger partial charge in [0, 0.05) is 16.0 Å². The number of aromatic nitrogens is 1. The van der Waals surface area contributed by atoms with Crippen LogP contribution in [0.4, 0.5) is 5.00 Å². The Kier molecular flexibility index (Phi) is 9.48. The molecule has 0 radical (unpaired) electrons. The van der Waals surface area contributed by atoms with E-state index in [-0.39, 0.29) is 12.5 Å². The standard InChI is InChI=1S/C32H31N3O4S2/c1-7-39-32(37)28-19(3)20(4)40-31(28)35-29(36)21(5)41-30-26(17-33)25(22-12-14-24(38-6)15-13-22)16-27(34-30)23-10-8-18(2)9-11-23/h8-16,21H,7H2,1-6H3,(H,35,36)/t21-/m0/s1. The summed E-state index contributed by atoms with van der Waals surface area (Å²) in [6.45, 7) is 9.50. The summed E-state index contributed by atoms with van der Waals surface area (Å²) in [4.78, 5) is 31.8. The number of rotatable bonds is 9. The van der Waals surface area contributed by atoms with Gasteiger partial charge in [0.25, 0.3) is 0 Å². The Balaban J connectivity index is 1.72. The monoisotopic (exact) mass is 585 g/mol. The number of pyridine rings is 1. The summed E-state index contributed by atoms with van der Waals surface area (Å²) in [5.41, 5.74) is 5.80. The lowest BCUT2D eigenvalue weighted by molar-refractivity contribution is -0.115. The molecule has 2 aromatic carbocycles. The van der Waals surface area contributed by atoms with E-state index >= 15 is 0 Å². The van der Waals surface area contributed by atoms with Gasteiger partial charge in [-0.15, -0.1) is 11.3 Å². The van der Waals surface area contributed by atoms with Crippen molar-refractivity contribution in [1.82, 2.24) is 4.98 Å². The van der Waals surface area contributed by atoms with Gasteiger partial charge < -0.3 is 14.8 Å². The van der Waals surface area contributed by atoms with Crippen LogP contribution in [0.1, 0.15) is 45.8 Å². The number of aryl methyl sites for hydroxylation is 2. The molecule has 0 saturated carbocycles. The Morgan fingerprint density at radius 3 is 2.34 bits per heavy atom. The number of thiophene rings is 1. The number of hydrogen-bond donors (Lipinski definition) is 1. The van der Waals surface area contributed by atoms with E-state index in [4.69, 9.17) is 14.5 Å². The van der Waals surface area contributed by atoms with Crippen molar-refractivity contribution in [3.8, 4) is 34.2 Å². The van der Waals surface area contributed by atoms with E-state index in [1.54, 1.807) is 21.0 Å². The molecule has 4 rings (SSSR count). The van der Waals surface area contributed by atoms with E-state index < -0.39 is 11.2 Å². The molecule has 2 heterocycles. The Morgan fingerprint density at radius 2 is 1.73 bits per heavy atom. The van der Waals surface area contributed by atoms with Crippen LogP contribution in [0.3, 0.4) is 0 Å². The SMILES string of the molecule is CCOC(=O)c1c(NC(=O)[C@H](C)Sc2nc(-c3ccc(C)cc3)cc(-c3ccc(OC)cc3)c2C#N)sc(C)c1C. The molecule has 7 nitrogen and oxygen atoms in total. The van der Waals surface area contributed by atoms with Gasteiger partial charge in [0.1, 0.15) is 21.8 Å². The van der Waals surface area contributed by atoms with Crippen LogP contribution in [0.15, 0.2) is 59.6 Å². The normalized spacial score (nSPS) is 11.4. The number of carbonyl (C=O) groups excluding carboxylic acids is 2. The predicted octanol–water partition coefficient (Wildman–Crippen LogP) is 7.58. The Hall–Kier alpha value is -4.13. The molecule has 2 aromatic heterocycles. The highest BCUT2D eigenvalue weighted by atomic mass is 32.2. The van der Waals surface area contributed by atoms with Crippen LogP contribution in [-0.2, 0) is 9.53 Å². The van der Waals surface area contributed by atoms with Crippen molar-refractivity contribution in [2.75, 3.05) is 19.0 Å². The highest BCUT2D eigenvalue weighted by Gasteiger charge is 2.26. The highest BCUT2D eigenvalue weighted by molar-refractivity contribution is 8.00. The average molecular weight is 586 g/mol. The summed E-state index contributed by atoms with van der Waals surface area (Å²) >= 11 is 2.54. The third kappa shape index (κ3) is 6.62. The maximum Gasteiger partial charge on any atom is 0.341 e. The van der Waals surface area contributed by atoms with Crippen molar-refractivity contribution in [3.05, 3.63) is 81.7 Å². The maximum absolute atomic E-state index is 13.4. The number of benzene rings is 2. The van der Waals surface area contributed by atoms with Gasteiger partial charge in [-0.05, 0) is 63.9 Å². The molecule has 0 unspecified atom stereocenters. The summed E-state index contributed by atoms with van der Waals surface area (Å²) in [7, 11) is 1.60. The fourth-order valence-corrected chi connectivity index (χ4v) is 6.16. The van der Waals surface area contributed by atoms with Crippen molar-refractivity contribution in [1.29, 1.82) is 5.26 Å². The number of methoxy groups -OCH3 is 1. The molecule has 4 aromatic rings. The summed E-state index contributed by atoms with van der Waals surface area (Å²) in [5.74, 6) is -0.0613. The van der Waals surface area contributed by atoms with Gasteiger partial charge >= 0.3 is 5.97 Å². The van der Waals surface area contributed by atoms with Crippen LogP contribution < -0.4 is 10.1 Å². The quantitative estimate of drug-likeness (QED) is 0.160. The van der Waals surface area contributed by atoms with Gasteiger partial charge in [-0.1, -0.05) is 53.7 Å². The molecule has 0 saturated heterocycles. The lowest BCUT2D eigenvalue weighted by Gasteiger charge is -2.16. The minimum Gasteiger partial charge on any atom is -0.497 e. The van der Waals surface area contributed by atoms with Gasteiger partial charge in [-0.3, -0.25) is 4.79 Å². The van der Waals surface area contributed by atoms with E-state index in [0.717, 1.165) is 27.1 Å². The highest BCUT2D eigenvalue weighted by Crippen LogP contribution is 2.38. The third-order valence-electron chi connectivity index (χ3n) is 6.61. The number of nitriles is 1. The Bertz CT molecular complexity index is 1620. The van der Waals surface area contributed by atoms with Crippen molar-refractivity contribution in [3.63, 3.8) is 0 Å². The lowest BCUT2D eigenvalue weighted by atomic mass is 9.99. The number of amides is 1. The molecular weight excluding hydrogens is 555 g/mol. The van der Waals surface area contributed by atoms with Gasteiger partial charge in [-0.2, -0.15) is 5.26 Å². The smallest absolute Gasteiger partial charge is 0.341 e. The Morgan fingerprint density at radius 1 is 1.07 bits per heavy atom. The lowest BCUT2D eigenvalue weighted by Crippen LogP contribution is -2.23. The molecule has 210 valence electrons. The zero-order chi connectivity index (χ0) is 29.7. The second-order valence-electron chi connectivity index (χ2n) is 9.40. The minimum atomic E-state index is -0.621. The second-order valence-corrected chi connectivity index (χ2v) is 12.0. The average Bonchev–Trinajstić information content (AvgIpc) is 3.25. The van der Waals surface area contributed by atoms with Crippen molar-refractivity contribution in [2.24, 2.45) is 0 Å². The molecule has 41 heavy (non-hydrogen) atoms. The predicted molar refractivity (Wildman–Crippen MR) is 165 cm³/mol. The first-order valence-corrected chi connectivity index (χ1v) is 14.8. The van der Waals surface area contributed by atoms with E-state index in [0.29, 0.717) is 38.2 Å². The molecule has 1 amide bonds. The van der Waals surface area contributed by atoms with Crippen molar-refractivity contribution < 1.29 is 19.1 Å². The first-order chi connectivity index (χ1) is 19.7. The van der Waals surface area contributed by atoms with Gasteiger partial charge in [0.05, 0.1) is 35.8 Å². The number of anilines is 1. The van der Waals surface area contributed by atoms with E-state index in [2.05, 4.69) is 11.4 Å². The molecule has 9 heteroatoms.